The molecule has 30 heavy (non-hydrogen) atoms. The molecule has 3 aromatic carbocycles. The first-order chi connectivity index (χ1) is 14.7. The van der Waals surface area contributed by atoms with E-state index in [0.717, 1.165) is 11.4 Å². The molecule has 0 fully saturated rings. The summed E-state index contributed by atoms with van der Waals surface area (Å²) in [4.78, 5) is 8.68. The smallest absolute Gasteiger partial charge is 0.254 e. The highest BCUT2D eigenvalue weighted by atomic mass is 19.1. The lowest BCUT2D eigenvalue weighted by Gasteiger charge is -2.11. The van der Waals surface area contributed by atoms with Gasteiger partial charge in [0.25, 0.3) is 5.78 Å². The summed E-state index contributed by atoms with van der Waals surface area (Å²) >= 11 is 0. The predicted molar refractivity (Wildman–Crippen MR) is 112 cm³/mol. The Labute approximate surface area is 171 Å². The zero-order chi connectivity index (χ0) is 20.3. The Morgan fingerprint density at radius 2 is 1.67 bits per heavy atom. The van der Waals surface area contributed by atoms with Crippen LogP contribution >= 0.6 is 0 Å². The van der Waals surface area contributed by atoms with Gasteiger partial charge in [0.15, 0.2) is 0 Å². The van der Waals surface area contributed by atoms with E-state index < -0.39 is 0 Å². The Kier molecular flexibility index (Phi) is 4.53. The van der Waals surface area contributed by atoms with Crippen molar-refractivity contribution in [1.82, 2.24) is 19.6 Å². The molecule has 1 N–H and O–H groups in total. The van der Waals surface area contributed by atoms with Crippen LogP contribution in [0.5, 0.6) is 11.5 Å². The fraction of sp³-hybridized carbons (Fsp3) is 0. The van der Waals surface area contributed by atoms with E-state index in [2.05, 4.69) is 20.4 Å². The first-order valence-corrected chi connectivity index (χ1v) is 9.31. The molecule has 6 nitrogen and oxygen atoms in total. The van der Waals surface area contributed by atoms with E-state index in [0.29, 0.717) is 28.6 Å². The number of fused-ring (bicyclic) bond motifs is 1. The maximum Gasteiger partial charge on any atom is 0.254 e. The zero-order valence-corrected chi connectivity index (χ0v) is 15.7. The van der Waals surface area contributed by atoms with Crippen molar-refractivity contribution >= 4 is 17.3 Å². The van der Waals surface area contributed by atoms with Crippen molar-refractivity contribution in [3.05, 3.63) is 97.1 Å². The lowest BCUT2D eigenvalue weighted by molar-refractivity contribution is 0.483. The Hall–Kier alpha value is -4.26. The number of anilines is 2. The second kappa shape index (κ2) is 7.63. The number of halogens is 1. The van der Waals surface area contributed by atoms with Crippen molar-refractivity contribution in [2.24, 2.45) is 0 Å². The second-order valence-corrected chi connectivity index (χ2v) is 6.58. The van der Waals surface area contributed by atoms with Gasteiger partial charge in [-0.25, -0.2) is 4.39 Å². The van der Waals surface area contributed by atoms with Crippen LogP contribution in [0.25, 0.3) is 17.0 Å². The fourth-order valence-electron chi connectivity index (χ4n) is 3.14. The number of hydrogen-bond donors (Lipinski definition) is 1. The van der Waals surface area contributed by atoms with E-state index in [-0.39, 0.29) is 5.82 Å². The molecule has 5 aromatic rings. The van der Waals surface area contributed by atoms with Crippen LogP contribution in [0.3, 0.4) is 0 Å². The van der Waals surface area contributed by atoms with E-state index in [4.69, 9.17) is 4.74 Å². The van der Waals surface area contributed by atoms with Crippen molar-refractivity contribution in [2.75, 3.05) is 5.32 Å². The summed E-state index contributed by atoms with van der Waals surface area (Å²) in [7, 11) is 0. The second-order valence-electron chi connectivity index (χ2n) is 6.58. The van der Waals surface area contributed by atoms with Gasteiger partial charge < -0.3 is 10.1 Å². The first-order valence-electron chi connectivity index (χ1n) is 9.31. The molecule has 0 bridgehead atoms. The maximum absolute atomic E-state index is 13.8. The predicted octanol–water partition coefficient (Wildman–Crippen LogP) is 5.47. The molecule has 0 saturated heterocycles. The van der Waals surface area contributed by atoms with Gasteiger partial charge in [0.2, 0.25) is 0 Å². The van der Waals surface area contributed by atoms with Gasteiger partial charge in [-0.15, -0.1) is 0 Å². The average molecular weight is 397 g/mol. The maximum atomic E-state index is 13.8. The van der Waals surface area contributed by atoms with Crippen molar-refractivity contribution in [3.63, 3.8) is 0 Å². The van der Waals surface area contributed by atoms with Crippen LogP contribution in [0, 0.1) is 5.82 Å². The van der Waals surface area contributed by atoms with E-state index >= 15 is 0 Å². The van der Waals surface area contributed by atoms with Gasteiger partial charge in [0.1, 0.15) is 29.5 Å². The summed E-state index contributed by atoms with van der Waals surface area (Å²) in [6.45, 7) is 0. The van der Waals surface area contributed by atoms with Crippen LogP contribution in [0.15, 0.2) is 91.3 Å². The summed E-state index contributed by atoms with van der Waals surface area (Å²) in [6, 6.07) is 25.3. The third-order valence-electron chi connectivity index (χ3n) is 4.46. The highest BCUT2D eigenvalue weighted by molar-refractivity contribution is 5.69. The van der Waals surface area contributed by atoms with Gasteiger partial charge in [-0.3, -0.25) is 0 Å². The molecule has 0 aliphatic rings. The molecular weight excluding hydrogens is 381 g/mol. The van der Waals surface area contributed by atoms with Crippen molar-refractivity contribution in [2.45, 2.75) is 0 Å². The Balaban J connectivity index is 1.48. The SMILES string of the molecule is Fc1cccc(-c2cc(Nc3cccc(Oc4ccccc4)c3)nc3ncnn23)c1. The summed E-state index contributed by atoms with van der Waals surface area (Å²) in [5.41, 5.74) is 2.15. The molecule has 0 aliphatic carbocycles. The minimum atomic E-state index is -0.321. The summed E-state index contributed by atoms with van der Waals surface area (Å²) in [5.74, 6) is 2.10. The Morgan fingerprint density at radius 3 is 2.53 bits per heavy atom. The zero-order valence-electron chi connectivity index (χ0n) is 15.7. The highest BCUT2D eigenvalue weighted by Crippen LogP contribution is 2.28. The molecule has 0 atom stereocenters. The number of nitrogens with one attached hydrogen (secondary N) is 1. The number of nitrogens with zero attached hydrogens (tertiary/aromatic N) is 4. The van der Waals surface area contributed by atoms with Crippen LogP contribution in [-0.4, -0.2) is 19.6 Å². The van der Waals surface area contributed by atoms with Crippen molar-refractivity contribution in [1.29, 1.82) is 0 Å². The standard InChI is InChI=1S/C23H16FN5O/c24-17-7-4-6-16(12-17)21-14-22(28-23-25-15-26-29(21)23)27-18-8-5-11-20(13-18)30-19-9-2-1-3-10-19/h1-15H,(H,25,26,27,28). The van der Waals surface area contributed by atoms with E-state index in [9.17, 15) is 4.39 Å². The van der Waals surface area contributed by atoms with E-state index in [1.807, 2.05) is 60.7 Å². The van der Waals surface area contributed by atoms with Gasteiger partial charge in [0, 0.05) is 23.4 Å². The molecule has 7 heteroatoms. The summed E-state index contributed by atoms with van der Waals surface area (Å²) in [5, 5.41) is 7.48. The van der Waals surface area contributed by atoms with Gasteiger partial charge in [-0.2, -0.15) is 19.6 Å². The monoisotopic (exact) mass is 397 g/mol. The molecule has 0 unspecified atom stereocenters. The third kappa shape index (κ3) is 3.68. The average Bonchev–Trinajstić information content (AvgIpc) is 3.23. The molecule has 0 radical (unpaired) electrons. The molecule has 146 valence electrons. The van der Waals surface area contributed by atoms with Crippen LogP contribution in [-0.2, 0) is 0 Å². The minimum absolute atomic E-state index is 0.321. The lowest BCUT2D eigenvalue weighted by atomic mass is 10.1. The first kappa shape index (κ1) is 17.8. The fourth-order valence-corrected chi connectivity index (χ4v) is 3.14. The molecule has 0 amide bonds. The van der Waals surface area contributed by atoms with Crippen LogP contribution in [0.4, 0.5) is 15.9 Å². The number of rotatable bonds is 5. The van der Waals surface area contributed by atoms with Gasteiger partial charge >= 0.3 is 0 Å². The third-order valence-corrected chi connectivity index (χ3v) is 4.46. The Bertz CT molecular complexity index is 1320. The van der Waals surface area contributed by atoms with Crippen LogP contribution in [0.2, 0.25) is 0 Å². The highest BCUT2D eigenvalue weighted by Gasteiger charge is 2.11. The summed E-state index contributed by atoms with van der Waals surface area (Å²) in [6.07, 6.45) is 1.42. The number of hydrogen-bond acceptors (Lipinski definition) is 5. The number of aromatic nitrogens is 4. The molecule has 5 rings (SSSR count). The van der Waals surface area contributed by atoms with Gasteiger partial charge in [0.05, 0.1) is 5.69 Å². The molecule has 2 aromatic heterocycles. The van der Waals surface area contributed by atoms with Crippen molar-refractivity contribution in [3.8, 4) is 22.8 Å². The van der Waals surface area contributed by atoms with E-state index in [1.54, 1.807) is 16.6 Å². The molecule has 0 saturated carbocycles. The van der Waals surface area contributed by atoms with E-state index in [1.165, 1.54) is 18.5 Å². The number of benzene rings is 3. The molecule has 0 aliphatic heterocycles. The number of para-hydroxylation sites is 1. The largest absolute Gasteiger partial charge is 0.457 e. The van der Waals surface area contributed by atoms with Crippen LogP contribution < -0.4 is 10.1 Å². The van der Waals surface area contributed by atoms with Crippen LogP contribution in [0.1, 0.15) is 0 Å². The minimum Gasteiger partial charge on any atom is -0.457 e. The number of ether oxygens (including phenoxy) is 1. The Morgan fingerprint density at radius 1 is 0.833 bits per heavy atom. The molecule has 2 heterocycles. The topological polar surface area (TPSA) is 64.3 Å². The van der Waals surface area contributed by atoms with Crippen molar-refractivity contribution < 1.29 is 9.13 Å². The lowest BCUT2D eigenvalue weighted by Crippen LogP contribution is -2.01. The summed E-state index contributed by atoms with van der Waals surface area (Å²) < 4.78 is 21.2. The quantitative estimate of drug-likeness (QED) is 0.426. The molecular formula is C23H16FN5O. The van der Waals surface area contributed by atoms with Gasteiger partial charge in [-0.05, 0) is 36.4 Å². The molecule has 0 spiro atoms. The normalized spacial score (nSPS) is 10.8. The van der Waals surface area contributed by atoms with Gasteiger partial charge in [-0.1, -0.05) is 36.4 Å².